The highest BCUT2D eigenvalue weighted by atomic mass is 16.5. The molecule has 0 N–H and O–H groups in total. The van der Waals surface area contributed by atoms with Gasteiger partial charge in [-0.05, 0) is 64.5 Å². The van der Waals surface area contributed by atoms with E-state index in [4.69, 9.17) is 9.15 Å². The number of hydrogen-bond donors (Lipinski definition) is 0. The number of tetrazole rings is 1. The molecule has 4 aromatic rings. The number of methoxy groups -OCH3 is 1. The first kappa shape index (κ1) is 20.4. The number of rotatable bonds is 6. The zero-order valence-electron chi connectivity index (χ0n) is 17.7. The molecular formula is C23H20N6O4. The summed E-state index contributed by atoms with van der Waals surface area (Å²) in [6.45, 7) is -0.303. The molecule has 33 heavy (non-hydrogen) atoms. The lowest BCUT2D eigenvalue weighted by Gasteiger charge is -2.19. The number of furan rings is 1. The smallest absolute Gasteiger partial charge is 0.368 e. The Morgan fingerprint density at radius 1 is 1.06 bits per heavy atom. The summed E-state index contributed by atoms with van der Waals surface area (Å²) in [6, 6.07) is 19.5. The van der Waals surface area contributed by atoms with E-state index < -0.39 is 17.6 Å². The Kier molecular flexibility index (Phi) is 5.31. The van der Waals surface area contributed by atoms with Crippen molar-refractivity contribution in [2.24, 2.45) is 5.10 Å². The molecule has 0 radical (unpaired) electrons. The van der Waals surface area contributed by atoms with Gasteiger partial charge in [-0.2, -0.15) is 14.5 Å². The maximum Gasteiger partial charge on any atom is 0.368 e. The van der Waals surface area contributed by atoms with E-state index in [0.29, 0.717) is 17.9 Å². The molecule has 0 saturated heterocycles. The van der Waals surface area contributed by atoms with E-state index in [9.17, 15) is 9.59 Å². The molecule has 0 saturated carbocycles. The van der Waals surface area contributed by atoms with Crippen molar-refractivity contribution in [1.82, 2.24) is 24.8 Å². The van der Waals surface area contributed by atoms with Gasteiger partial charge in [0.25, 0.3) is 5.91 Å². The number of hydrogen-bond acceptors (Lipinski definition) is 7. The van der Waals surface area contributed by atoms with Gasteiger partial charge in [0.15, 0.2) is 0 Å². The van der Waals surface area contributed by atoms with E-state index >= 15 is 0 Å². The first-order valence-corrected chi connectivity index (χ1v) is 10.3. The van der Waals surface area contributed by atoms with Crippen molar-refractivity contribution >= 4 is 11.6 Å². The zero-order chi connectivity index (χ0) is 22.8. The van der Waals surface area contributed by atoms with Gasteiger partial charge >= 0.3 is 5.69 Å². The molecule has 0 fully saturated rings. The predicted molar refractivity (Wildman–Crippen MR) is 118 cm³/mol. The number of nitrogens with zero attached hydrogens (tertiary/aromatic N) is 6. The van der Waals surface area contributed by atoms with E-state index in [1.54, 1.807) is 49.8 Å². The molecule has 3 heterocycles. The molecule has 0 bridgehead atoms. The Balaban J connectivity index is 1.42. The van der Waals surface area contributed by atoms with Crippen molar-refractivity contribution in [2.75, 3.05) is 7.11 Å². The summed E-state index contributed by atoms with van der Waals surface area (Å²) < 4.78 is 13.0. The van der Waals surface area contributed by atoms with Gasteiger partial charge in [-0.25, -0.2) is 9.80 Å². The third-order valence-corrected chi connectivity index (χ3v) is 5.39. The van der Waals surface area contributed by atoms with Crippen LogP contribution >= 0.6 is 0 Å². The van der Waals surface area contributed by atoms with Gasteiger partial charge in [-0.15, -0.1) is 0 Å². The summed E-state index contributed by atoms with van der Waals surface area (Å²) in [5.74, 6) is 0.937. The van der Waals surface area contributed by atoms with Gasteiger partial charge < -0.3 is 9.15 Å². The highest BCUT2D eigenvalue weighted by molar-refractivity contribution is 6.03. The molecular weight excluding hydrogens is 424 g/mol. The summed E-state index contributed by atoms with van der Waals surface area (Å²) in [7, 11) is 1.60. The Hall–Kier alpha value is -4.47. The minimum Gasteiger partial charge on any atom is -0.497 e. The summed E-state index contributed by atoms with van der Waals surface area (Å²) in [6.07, 6.45) is 2.02. The maximum atomic E-state index is 13.2. The van der Waals surface area contributed by atoms with E-state index in [1.807, 2.05) is 30.3 Å². The second-order valence-corrected chi connectivity index (χ2v) is 7.42. The summed E-state index contributed by atoms with van der Waals surface area (Å²) >= 11 is 0. The molecule has 1 atom stereocenters. The molecule has 1 unspecified atom stereocenters. The lowest BCUT2D eigenvalue weighted by molar-refractivity contribution is -0.134. The van der Waals surface area contributed by atoms with Crippen LogP contribution in [0.15, 0.2) is 87.3 Å². The molecule has 1 amide bonds. The fourth-order valence-corrected chi connectivity index (χ4v) is 3.71. The molecule has 166 valence electrons. The van der Waals surface area contributed by atoms with E-state index in [1.165, 1.54) is 5.01 Å². The van der Waals surface area contributed by atoms with Gasteiger partial charge in [-0.1, -0.05) is 18.2 Å². The van der Waals surface area contributed by atoms with Crippen LogP contribution in [0.5, 0.6) is 5.75 Å². The number of hydrazone groups is 1. The molecule has 0 spiro atoms. The van der Waals surface area contributed by atoms with Crippen LogP contribution in [0.3, 0.4) is 0 Å². The number of benzene rings is 2. The number of carbonyl (C=O) groups is 1. The topological polar surface area (TPSA) is 108 Å². The van der Waals surface area contributed by atoms with Gasteiger partial charge in [0, 0.05) is 6.42 Å². The van der Waals surface area contributed by atoms with Crippen molar-refractivity contribution in [3.8, 4) is 11.4 Å². The third-order valence-electron chi connectivity index (χ3n) is 5.39. The lowest BCUT2D eigenvalue weighted by Crippen LogP contribution is -2.34. The summed E-state index contributed by atoms with van der Waals surface area (Å²) in [4.78, 5) is 26.0. The third kappa shape index (κ3) is 3.93. The van der Waals surface area contributed by atoms with Crippen LogP contribution in [0.2, 0.25) is 0 Å². The molecule has 5 rings (SSSR count). The second kappa shape index (κ2) is 8.58. The van der Waals surface area contributed by atoms with Crippen molar-refractivity contribution in [3.05, 3.63) is 94.8 Å². The molecule has 2 aromatic carbocycles. The van der Waals surface area contributed by atoms with Crippen LogP contribution in [0.25, 0.3) is 5.69 Å². The van der Waals surface area contributed by atoms with Crippen molar-refractivity contribution in [3.63, 3.8) is 0 Å². The van der Waals surface area contributed by atoms with Crippen molar-refractivity contribution in [1.29, 1.82) is 0 Å². The number of carbonyl (C=O) groups excluding carboxylic acids is 1. The Morgan fingerprint density at radius 3 is 2.55 bits per heavy atom. The van der Waals surface area contributed by atoms with E-state index in [-0.39, 0.29) is 6.54 Å². The average Bonchev–Trinajstić information content (AvgIpc) is 3.60. The van der Waals surface area contributed by atoms with Gasteiger partial charge in [0.05, 0.1) is 24.8 Å². The second-order valence-electron chi connectivity index (χ2n) is 7.42. The number of para-hydroxylation sites is 1. The SMILES string of the molecule is COc1ccc(C2=NN(C(=O)Cn3nnn(-c4ccccc4)c3=O)C(c3ccco3)C2)cc1. The molecule has 0 aliphatic carbocycles. The molecule has 10 nitrogen and oxygen atoms in total. The minimum atomic E-state index is -0.511. The summed E-state index contributed by atoms with van der Waals surface area (Å²) in [5.41, 5.74) is 1.65. The van der Waals surface area contributed by atoms with Gasteiger partial charge in [-0.3, -0.25) is 4.79 Å². The predicted octanol–water partition coefficient (Wildman–Crippen LogP) is 2.41. The monoisotopic (exact) mass is 444 g/mol. The summed E-state index contributed by atoms with van der Waals surface area (Å²) in [5, 5.41) is 13.7. The van der Waals surface area contributed by atoms with Crippen LogP contribution in [-0.4, -0.2) is 43.5 Å². The first-order valence-electron chi connectivity index (χ1n) is 10.3. The quantitative estimate of drug-likeness (QED) is 0.452. The van der Waals surface area contributed by atoms with E-state index in [2.05, 4.69) is 15.5 Å². The first-order chi connectivity index (χ1) is 16.1. The highest BCUT2D eigenvalue weighted by Crippen LogP contribution is 2.33. The average molecular weight is 444 g/mol. The Labute approximate surface area is 188 Å². The number of amides is 1. The Bertz CT molecular complexity index is 1340. The lowest BCUT2D eigenvalue weighted by atomic mass is 10.0. The zero-order valence-corrected chi connectivity index (χ0v) is 17.7. The Morgan fingerprint density at radius 2 is 1.85 bits per heavy atom. The highest BCUT2D eigenvalue weighted by Gasteiger charge is 2.35. The molecule has 1 aliphatic rings. The van der Waals surface area contributed by atoms with Crippen LogP contribution in [0.4, 0.5) is 0 Å². The maximum absolute atomic E-state index is 13.2. The standard InChI is InChI=1S/C23H20N6O4/c1-32-18-11-9-16(10-12-18)19-14-20(21-8-5-13-33-21)29(24-19)22(30)15-27-23(31)28(26-25-27)17-6-3-2-4-7-17/h2-13,20H,14-15H2,1H3. The number of ether oxygens (including phenoxy) is 1. The van der Waals surface area contributed by atoms with Crippen LogP contribution < -0.4 is 10.4 Å². The number of aromatic nitrogens is 4. The van der Waals surface area contributed by atoms with Crippen LogP contribution in [0.1, 0.15) is 23.8 Å². The molecule has 10 heteroatoms. The van der Waals surface area contributed by atoms with E-state index in [0.717, 1.165) is 26.4 Å². The van der Waals surface area contributed by atoms with Crippen molar-refractivity contribution in [2.45, 2.75) is 19.0 Å². The normalized spacial score (nSPS) is 15.5. The fourth-order valence-electron chi connectivity index (χ4n) is 3.71. The van der Waals surface area contributed by atoms with Crippen LogP contribution in [-0.2, 0) is 11.3 Å². The fraction of sp³-hybridized carbons (Fsp3) is 0.174. The molecule has 2 aromatic heterocycles. The minimum absolute atomic E-state index is 0.303. The molecule has 1 aliphatic heterocycles. The van der Waals surface area contributed by atoms with Crippen LogP contribution in [0, 0.1) is 0 Å². The largest absolute Gasteiger partial charge is 0.497 e. The van der Waals surface area contributed by atoms with Gasteiger partial charge in [0.1, 0.15) is 24.1 Å². The van der Waals surface area contributed by atoms with Crippen molar-refractivity contribution < 1.29 is 13.9 Å². The van der Waals surface area contributed by atoms with Gasteiger partial charge in [0.2, 0.25) is 0 Å².